The van der Waals surface area contributed by atoms with E-state index in [1.807, 2.05) is 61.7 Å². The van der Waals surface area contributed by atoms with Gasteiger partial charge in [-0.3, -0.25) is 4.98 Å². The fraction of sp³-hybridized carbons (Fsp3) is 0.120. The van der Waals surface area contributed by atoms with Crippen molar-refractivity contribution in [1.29, 1.82) is 0 Å². The number of pyridine rings is 1. The van der Waals surface area contributed by atoms with E-state index in [0.29, 0.717) is 5.11 Å². The number of aromatic hydroxyl groups is 1. The Hall–Kier alpha value is -3.35. The van der Waals surface area contributed by atoms with Gasteiger partial charge in [-0.15, -0.1) is 0 Å². The highest BCUT2D eigenvalue weighted by Gasteiger charge is 2.42. The molecule has 2 aromatic heterocycles. The number of phenolic OH excluding ortho intramolecular Hbond substituents is 1. The van der Waals surface area contributed by atoms with Crippen molar-refractivity contribution in [2.24, 2.45) is 0 Å². The van der Waals surface area contributed by atoms with E-state index in [1.165, 1.54) is 0 Å². The Morgan fingerprint density at radius 2 is 1.78 bits per heavy atom. The number of thiocarbonyl (C=S) groups is 1. The van der Waals surface area contributed by atoms with Crippen LogP contribution in [0.2, 0.25) is 5.02 Å². The van der Waals surface area contributed by atoms with Crippen molar-refractivity contribution in [3.63, 3.8) is 0 Å². The van der Waals surface area contributed by atoms with E-state index >= 15 is 0 Å². The van der Waals surface area contributed by atoms with Gasteiger partial charge < -0.3 is 19.9 Å². The maximum absolute atomic E-state index is 9.79. The topological polar surface area (TPSA) is 53.3 Å². The summed E-state index contributed by atoms with van der Waals surface area (Å²) in [5.41, 5.74) is 4.89. The molecule has 1 aliphatic heterocycles. The minimum atomic E-state index is -0.159. The fourth-order valence-electron chi connectivity index (χ4n) is 4.20. The number of phenols is 1. The Labute approximate surface area is 196 Å². The molecular weight excluding hydrogens is 440 g/mol. The van der Waals surface area contributed by atoms with Crippen LogP contribution in [0.1, 0.15) is 29.0 Å². The molecule has 0 saturated carbocycles. The SMILES string of the molecule is Cc1cc(-n2cccc2[C@@H]2[C@@H](c3ccccn3)NC(=S)N2c2ccc(O)cc2)ccc1Cl. The van der Waals surface area contributed by atoms with Gasteiger partial charge in [0.05, 0.1) is 11.7 Å². The number of nitrogens with zero attached hydrogens (tertiary/aromatic N) is 3. The molecule has 2 N–H and O–H groups in total. The smallest absolute Gasteiger partial charge is 0.174 e. The number of anilines is 1. The van der Waals surface area contributed by atoms with E-state index in [2.05, 4.69) is 31.9 Å². The summed E-state index contributed by atoms with van der Waals surface area (Å²) in [4.78, 5) is 6.70. The predicted molar refractivity (Wildman–Crippen MR) is 132 cm³/mol. The summed E-state index contributed by atoms with van der Waals surface area (Å²) in [5.74, 6) is 0.213. The summed E-state index contributed by atoms with van der Waals surface area (Å²) in [7, 11) is 0. The molecule has 3 heterocycles. The van der Waals surface area contributed by atoms with Crippen molar-refractivity contribution >= 4 is 34.6 Å². The zero-order valence-electron chi connectivity index (χ0n) is 17.3. The second kappa shape index (κ2) is 8.30. The summed E-state index contributed by atoms with van der Waals surface area (Å²) in [5, 5.41) is 14.6. The lowest BCUT2D eigenvalue weighted by Gasteiger charge is -2.29. The summed E-state index contributed by atoms with van der Waals surface area (Å²) in [6.07, 6.45) is 3.84. The van der Waals surface area contributed by atoms with Crippen LogP contribution in [-0.4, -0.2) is 19.8 Å². The highest BCUT2D eigenvalue weighted by Crippen LogP contribution is 2.42. The number of hydrogen-bond acceptors (Lipinski definition) is 3. The summed E-state index contributed by atoms with van der Waals surface area (Å²) in [6.45, 7) is 2.00. The van der Waals surface area contributed by atoms with E-state index in [0.717, 1.165) is 33.3 Å². The second-order valence-corrected chi connectivity index (χ2v) is 8.54. The fourth-order valence-corrected chi connectivity index (χ4v) is 4.66. The van der Waals surface area contributed by atoms with Crippen molar-refractivity contribution in [3.8, 4) is 11.4 Å². The van der Waals surface area contributed by atoms with Gasteiger partial charge in [-0.1, -0.05) is 17.7 Å². The number of aryl methyl sites for hydroxylation is 1. The average Bonchev–Trinajstić information content (AvgIpc) is 3.41. The van der Waals surface area contributed by atoms with Crippen LogP contribution in [0.5, 0.6) is 5.75 Å². The Bertz CT molecular complexity index is 1270. The van der Waals surface area contributed by atoms with Gasteiger partial charge in [0.2, 0.25) is 0 Å². The van der Waals surface area contributed by atoms with E-state index in [4.69, 9.17) is 23.8 Å². The Morgan fingerprint density at radius 1 is 1.00 bits per heavy atom. The van der Waals surface area contributed by atoms with Crippen LogP contribution < -0.4 is 10.2 Å². The molecule has 1 aliphatic rings. The number of hydrogen-bond donors (Lipinski definition) is 2. The highest BCUT2D eigenvalue weighted by molar-refractivity contribution is 7.80. The molecule has 0 aliphatic carbocycles. The minimum absolute atomic E-state index is 0.153. The number of aromatic nitrogens is 2. The van der Waals surface area contributed by atoms with Gasteiger partial charge in [0.1, 0.15) is 11.8 Å². The minimum Gasteiger partial charge on any atom is -0.508 e. The van der Waals surface area contributed by atoms with Gasteiger partial charge in [-0.2, -0.15) is 0 Å². The van der Waals surface area contributed by atoms with Crippen molar-refractivity contribution in [1.82, 2.24) is 14.9 Å². The lowest BCUT2D eigenvalue weighted by Crippen LogP contribution is -2.30. The molecule has 0 radical (unpaired) electrons. The maximum atomic E-state index is 9.79. The zero-order chi connectivity index (χ0) is 22.2. The van der Waals surface area contributed by atoms with Gasteiger partial charge >= 0.3 is 0 Å². The first-order chi connectivity index (χ1) is 15.5. The largest absolute Gasteiger partial charge is 0.508 e. The standard InChI is InChI=1S/C25H21ClN4OS/c1-16-15-18(9-12-20(16)26)29-14-4-6-22(29)24-23(21-5-2-3-13-27-21)28-25(32)30(24)17-7-10-19(31)11-8-17/h2-15,23-24,31H,1H3,(H,28,32)/t23-,24-/m1/s1. The summed E-state index contributed by atoms with van der Waals surface area (Å²) in [6, 6.07) is 22.8. The lowest BCUT2D eigenvalue weighted by molar-refractivity contribution is 0.475. The van der Waals surface area contributed by atoms with Crippen LogP contribution >= 0.6 is 23.8 Å². The molecule has 0 unspecified atom stereocenters. The molecule has 0 bridgehead atoms. The molecular formula is C25H21ClN4OS. The van der Waals surface area contributed by atoms with Gasteiger partial charge in [0.25, 0.3) is 0 Å². The third-order valence-corrected chi connectivity index (χ3v) is 6.47. The molecule has 5 rings (SSSR count). The number of rotatable bonds is 4. The molecule has 0 amide bonds. The molecule has 5 nitrogen and oxygen atoms in total. The molecule has 160 valence electrons. The van der Waals surface area contributed by atoms with Crippen molar-refractivity contribution in [2.45, 2.75) is 19.0 Å². The third-order valence-electron chi connectivity index (χ3n) is 5.73. The van der Waals surface area contributed by atoms with Crippen molar-refractivity contribution < 1.29 is 5.11 Å². The van der Waals surface area contributed by atoms with E-state index < -0.39 is 0 Å². The van der Waals surface area contributed by atoms with Gasteiger partial charge in [-0.05, 0) is 91.4 Å². The monoisotopic (exact) mass is 460 g/mol. The van der Waals surface area contributed by atoms with Crippen LogP contribution in [0, 0.1) is 6.92 Å². The Kier molecular flexibility index (Phi) is 5.33. The molecule has 32 heavy (non-hydrogen) atoms. The Balaban J connectivity index is 1.67. The number of benzene rings is 2. The van der Waals surface area contributed by atoms with Gasteiger partial charge in [0.15, 0.2) is 5.11 Å². The van der Waals surface area contributed by atoms with Crippen LogP contribution in [-0.2, 0) is 0 Å². The molecule has 2 atom stereocenters. The zero-order valence-corrected chi connectivity index (χ0v) is 18.9. The molecule has 1 saturated heterocycles. The Morgan fingerprint density at radius 3 is 2.50 bits per heavy atom. The maximum Gasteiger partial charge on any atom is 0.174 e. The quantitative estimate of drug-likeness (QED) is 0.381. The summed E-state index contributed by atoms with van der Waals surface area (Å²) >= 11 is 12.1. The predicted octanol–water partition coefficient (Wildman–Crippen LogP) is 5.72. The molecule has 7 heteroatoms. The normalized spacial score (nSPS) is 18.1. The van der Waals surface area contributed by atoms with Crippen molar-refractivity contribution in [2.75, 3.05) is 4.90 Å². The van der Waals surface area contributed by atoms with Gasteiger partial charge in [-0.25, -0.2) is 0 Å². The number of halogens is 1. The van der Waals surface area contributed by atoms with Gasteiger partial charge in [0, 0.05) is 34.5 Å². The lowest BCUT2D eigenvalue weighted by atomic mass is 10.0. The van der Waals surface area contributed by atoms with E-state index in [9.17, 15) is 5.11 Å². The molecule has 1 fully saturated rings. The molecule has 2 aromatic carbocycles. The van der Waals surface area contributed by atoms with Crippen LogP contribution in [0.3, 0.4) is 0 Å². The second-order valence-electron chi connectivity index (χ2n) is 7.75. The van der Waals surface area contributed by atoms with Crippen LogP contribution in [0.15, 0.2) is 85.2 Å². The van der Waals surface area contributed by atoms with E-state index in [-0.39, 0.29) is 17.8 Å². The first-order valence-electron chi connectivity index (χ1n) is 10.3. The van der Waals surface area contributed by atoms with Crippen LogP contribution in [0.4, 0.5) is 5.69 Å². The third kappa shape index (κ3) is 3.61. The first kappa shape index (κ1) is 20.5. The molecule has 4 aromatic rings. The molecule has 0 spiro atoms. The first-order valence-corrected chi connectivity index (χ1v) is 11.0. The van der Waals surface area contributed by atoms with Crippen LogP contribution in [0.25, 0.3) is 5.69 Å². The average molecular weight is 461 g/mol. The summed E-state index contributed by atoms with van der Waals surface area (Å²) < 4.78 is 2.16. The van der Waals surface area contributed by atoms with E-state index in [1.54, 1.807) is 18.3 Å². The number of nitrogens with one attached hydrogen (secondary N) is 1. The highest BCUT2D eigenvalue weighted by atomic mass is 35.5. The van der Waals surface area contributed by atoms with Crippen molar-refractivity contribution in [3.05, 3.63) is 107 Å².